The van der Waals surface area contributed by atoms with E-state index in [1.54, 1.807) is 0 Å². The molecule has 1 aromatic rings. The molecule has 0 spiro atoms. The molecule has 0 amide bonds. The van der Waals surface area contributed by atoms with E-state index in [9.17, 15) is 0 Å². The molecule has 2 heteroatoms. The molecule has 0 aliphatic heterocycles. The average Bonchev–Trinajstić information content (AvgIpc) is 2.33. The molecule has 2 rings (SSSR count). The quantitative estimate of drug-likeness (QED) is 0.723. The van der Waals surface area contributed by atoms with Gasteiger partial charge >= 0.3 is 0 Å². The number of benzene rings is 1. The van der Waals surface area contributed by atoms with Crippen molar-refractivity contribution in [1.82, 2.24) is 0 Å². The Labute approximate surface area is 81.1 Å². The Morgan fingerprint density at radius 3 is 3.00 bits per heavy atom. The van der Waals surface area contributed by atoms with E-state index < -0.39 is 0 Å². The van der Waals surface area contributed by atoms with E-state index in [1.165, 1.54) is 16.7 Å². The van der Waals surface area contributed by atoms with Gasteiger partial charge in [0, 0.05) is 10.5 Å². The van der Waals surface area contributed by atoms with E-state index in [4.69, 9.17) is 5.73 Å². The van der Waals surface area contributed by atoms with Gasteiger partial charge in [-0.3, -0.25) is 0 Å². The predicted molar refractivity (Wildman–Crippen MR) is 54.1 cm³/mol. The monoisotopic (exact) mass is 225 g/mol. The molecule has 0 fully saturated rings. The minimum Gasteiger partial charge on any atom is -0.324 e. The molecule has 64 valence electrons. The SMILES string of the molecule is Cc1cc(Br)cc2c1CC[C@H]2N. The molecule has 0 radical (unpaired) electrons. The van der Waals surface area contributed by atoms with Gasteiger partial charge in [-0.1, -0.05) is 15.9 Å². The second-order valence-corrected chi connectivity index (χ2v) is 4.35. The van der Waals surface area contributed by atoms with E-state index in [0.29, 0.717) is 0 Å². The van der Waals surface area contributed by atoms with Crippen molar-refractivity contribution in [2.75, 3.05) is 0 Å². The molecule has 0 unspecified atom stereocenters. The summed E-state index contributed by atoms with van der Waals surface area (Å²) in [6.07, 6.45) is 2.25. The van der Waals surface area contributed by atoms with Gasteiger partial charge in [0.25, 0.3) is 0 Å². The first kappa shape index (κ1) is 8.27. The fraction of sp³-hybridized carbons (Fsp3) is 0.400. The van der Waals surface area contributed by atoms with Crippen LogP contribution in [0.3, 0.4) is 0 Å². The van der Waals surface area contributed by atoms with E-state index in [1.807, 2.05) is 0 Å². The Balaban J connectivity index is 2.60. The van der Waals surface area contributed by atoms with Gasteiger partial charge in [-0.25, -0.2) is 0 Å². The van der Waals surface area contributed by atoms with Crippen molar-refractivity contribution in [2.24, 2.45) is 5.73 Å². The maximum Gasteiger partial charge on any atom is 0.0301 e. The summed E-state index contributed by atoms with van der Waals surface area (Å²) in [5.41, 5.74) is 10.1. The normalized spacial score (nSPS) is 21.1. The molecular formula is C10H12BrN. The molecule has 0 heterocycles. The topological polar surface area (TPSA) is 26.0 Å². The third-order valence-corrected chi connectivity index (χ3v) is 3.03. The van der Waals surface area contributed by atoms with E-state index in [0.717, 1.165) is 17.3 Å². The molecule has 0 saturated heterocycles. The van der Waals surface area contributed by atoms with Crippen LogP contribution in [0.2, 0.25) is 0 Å². The first-order valence-corrected chi connectivity index (χ1v) is 5.02. The van der Waals surface area contributed by atoms with Crippen LogP contribution in [-0.4, -0.2) is 0 Å². The van der Waals surface area contributed by atoms with Crippen molar-refractivity contribution in [3.8, 4) is 0 Å². The van der Waals surface area contributed by atoms with Crippen LogP contribution in [0.4, 0.5) is 0 Å². The summed E-state index contributed by atoms with van der Waals surface area (Å²) >= 11 is 3.49. The zero-order chi connectivity index (χ0) is 8.72. The lowest BCUT2D eigenvalue weighted by molar-refractivity contribution is 0.713. The first-order valence-electron chi connectivity index (χ1n) is 4.23. The van der Waals surface area contributed by atoms with Crippen molar-refractivity contribution in [3.05, 3.63) is 33.3 Å². The molecule has 0 saturated carbocycles. The highest BCUT2D eigenvalue weighted by Gasteiger charge is 2.20. The van der Waals surface area contributed by atoms with Crippen molar-refractivity contribution >= 4 is 15.9 Å². The van der Waals surface area contributed by atoms with Gasteiger partial charge in [0.05, 0.1) is 0 Å². The maximum atomic E-state index is 5.96. The van der Waals surface area contributed by atoms with Crippen LogP contribution in [0, 0.1) is 6.92 Å². The molecule has 0 bridgehead atoms. The van der Waals surface area contributed by atoms with E-state index in [2.05, 4.69) is 35.0 Å². The summed E-state index contributed by atoms with van der Waals surface area (Å²) in [6, 6.07) is 4.58. The summed E-state index contributed by atoms with van der Waals surface area (Å²) < 4.78 is 1.15. The molecular weight excluding hydrogens is 214 g/mol. The van der Waals surface area contributed by atoms with Crippen molar-refractivity contribution in [3.63, 3.8) is 0 Å². The van der Waals surface area contributed by atoms with Gasteiger partial charge in [-0.15, -0.1) is 0 Å². The Morgan fingerprint density at radius 1 is 1.50 bits per heavy atom. The Morgan fingerprint density at radius 2 is 2.25 bits per heavy atom. The Bertz CT molecular complexity index is 320. The van der Waals surface area contributed by atoms with Crippen LogP contribution in [0.1, 0.15) is 29.2 Å². The summed E-state index contributed by atoms with van der Waals surface area (Å²) in [7, 11) is 0. The minimum atomic E-state index is 0.260. The van der Waals surface area contributed by atoms with Gasteiger partial charge < -0.3 is 5.73 Å². The number of hydrogen-bond acceptors (Lipinski definition) is 1. The second kappa shape index (κ2) is 2.86. The van der Waals surface area contributed by atoms with Crippen LogP contribution >= 0.6 is 15.9 Å². The number of fused-ring (bicyclic) bond motifs is 1. The maximum absolute atomic E-state index is 5.96. The fourth-order valence-electron chi connectivity index (χ4n) is 1.93. The summed E-state index contributed by atoms with van der Waals surface area (Å²) in [5, 5.41) is 0. The molecule has 1 aliphatic carbocycles. The van der Waals surface area contributed by atoms with Crippen molar-refractivity contribution in [1.29, 1.82) is 0 Å². The Kier molecular flexibility index (Phi) is 1.97. The number of hydrogen-bond donors (Lipinski definition) is 1. The fourth-order valence-corrected chi connectivity index (χ4v) is 2.52. The highest BCUT2D eigenvalue weighted by molar-refractivity contribution is 9.10. The summed E-state index contributed by atoms with van der Waals surface area (Å²) in [6.45, 7) is 2.15. The summed E-state index contributed by atoms with van der Waals surface area (Å²) in [4.78, 5) is 0. The lowest BCUT2D eigenvalue weighted by Gasteiger charge is -2.07. The van der Waals surface area contributed by atoms with Crippen LogP contribution in [0.25, 0.3) is 0 Å². The molecule has 1 atom stereocenters. The van der Waals surface area contributed by atoms with Crippen molar-refractivity contribution in [2.45, 2.75) is 25.8 Å². The van der Waals surface area contributed by atoms with Crippen LogP contribution in [0.15, 0.2) is 16.6 Å². The molecule has 12 heavy (non-hydrogen) atoms. The van der Waals surface area contributed by atoms with E-state index in [-0.39, 0.29) is 6.04 Å². The standard InChI is InChI=1S/C10H12BrN/c1-6-4-7(11)5-9-8(6)2-3-10(9)12/h4-5,10H,2-3,12H2,1H3/t10-/m1/s1. The lowest BCUT2D eigenvalue weighted by Crippen LogP contribution is -2.05. The molecule has 1 aliphatic rings. The average molecular weight is 226 g/mol. The van der Waals surface area contributed by atoms with E-state index >= 15 is 0 Å². The third kappa shape index (κ3) is 1.19. The number of halogens is 1. The Hall–Kier alpha value is -0.340. The van der Waals surface area contributed by atoms with Gasteiger partial charge in [0.2, 0.25) is 0 Å². The zero-order valence-corrected chi connectivity index (χ0v) is 8.69. The van der Waals surface area contributed by atoms with Gasteiger partial charge in [-0.2, -0.15) is 0 Å². The first-order chi connectivity index (χ1) is 5.68. The van der Waals surface area contributed by atoms with Crippen LogP contribution in [-0.2, 0) is 6.42 Å². The molecule has 1 nitrogen and oxygen atoms in total. The lowest BCUT2D eigenvalue weighted by atomic mass is 10.0. The van der Waals surface area contributed by atoms with Crippen LogP contribution < -0.4 is 5.73 Å². The second-order valence-electron chi connectivity index (χ2n) is 3.44. The number of aryl methyl sites for hydroxylation is 1. The van der Waals surface area contributed by atoms with Gasteiger partial charge in [0.15, 0.2) is 0 Å². The van der Waals surface area contributed by atoms with Gasteiger partial charge in [0.1, 0.15) is 0 Å². The van der Waals surface area contributed by atoms with Crippen molar-refractivity contribution < 1.29 is 0 Å². The number of rotatable bonds is 0. The third-order valence-electron chi connectivity index (χ3n) is 2.58. The smallest absolute Gasteiger partial charge is 0.0301 e. The predicted octanol–water partition coefficient (Wildman–Crippen LogP) is 2.70. The molecule has 1 aromatic carbocycles. The summed E-state index contributed by atoms with van der Waals surface area (Å²) in [5.74, 6) is 0. The number of nitrogens with two attached hydrogens (primary N) is 1. The minimum absolute atomic E-state index is 0.260. The molecule has 0 aromatic heterocycles. The molecule has 2 N–H and O–H groups in total. The highest BCUT2D eigenvalue weighted by Crippen LogP contribution is 2.33. The zero-order valence-electron chi connectivity index (χ0n) is 7.10. The van der Waals surface area contributed by atoms with Gasteiger partial charge in [-0.05, 0) is 48.6 Å². The highest BCUT2D eigenvalue weighted by atomic mass is 79.9. The largest absolute Gasteiger partial charge is 0.324 e. The van der Waals surface area contributed by atoms with Crippen LogP contribution in [0.5, 0.6) is 0 Å².